The molecule has 6 nitrogen and oxygen atoms in total. The van der Waals surface area contributed by atoms with Gasteiger partial charge in [-0.3, -0.25) is 0 Å². The molecule has 9 heteroatoms. The van der Waals surface area contributed by atoms with Crippen LogP contribution in [0.2, 0.25) is 0 Å². The summed E-state index contributed by atoms with van der Waals surface area (Å²) in [6, 6.07) is 10.8. The molecule has 0 saturated carbocycles. The lowest BCUT2D eigenvalue weighted by atomic mass is 10.1. The molecule has 1 aliphatic rings. The molecular weight excluding hydrogens is 375 g/mol. The van der Waals surface area contributed by atoms with E-state index in [1.807, 2.05) is 24.3 Å². The number of amides is 2. The Morgan fingerprint density at radius 1 is 1.21 bits per heavy atom. The number of ether oxygens (including phenoxy) is 2. The van der Waals surface area contributed by atoms with Crippen molar-refractivity contribution in [3.05, 3.63) is 53.7 Å². The van der Waals surface area contributed by atoms with Crippen LogP contribution in [0.4, 0.5) is 18.0 Å². The SMILES string of the molecule is COc1ccc(CCNC(=O)N2CC(Oc3cccc(C(F)(F)F)n3)C2)cc1. The van der Waals surface area contributed by atoms with Crippen LogP contribution in [0, 0.1) is 0 Å². The molecule has 1 aromatic carbocycles. The van der Waals surface area contributed by atoms with Gasteiger partial charge in [-0.1, -0.05) is 18.2 Å². The average Bonchev–Trinajstić information content (AvgIpc) is 2.64. The highest BCUT2D eigenvalue weighted by molar-refractivity contribution is 5.75. The number of hydrogen-bond acceptors (Lipinski definition) is 4. The second kappa shape index (κ2) is 8.37. The molecule has 3 rings (SSSR count). The van der Waals surface area contributed by atoms with Crippen molar-refractivity contribution in [2.75, 3.05) is 26.7 Å². The summed E-state index contributed by atoms with van der Waals surface area (Å²) in [5.41, 5.74) is 0.0685. The van der Waals surface area contributed by atoms with Gasteiger partial charge in [0.05, 0.1) is 20.2 Å². The fourth-order valence-corrected chi connectivity index (χ4v) is 2.71. The molecule has 0 aliphatic carbocycles. The van der Waals surface area contributed by atoms with Crippen LogP contribution < -0.4 is 14.8 Å². The lowest BCUT2D eigenvalue weighted by Crippen LogP contribution is -2.59. The first-order chi connectivity index (χ1) is 13.3. The van der Waals surface area contributed by atoms with Gasteiger partial charge in [-0.25, -0.2) is 9.78 Å². The van der Waals surface area contributed by atoms with Gasteiger partial charge >= 0.3 is 12.2 Å². The van der Waals surface area contributed by atoms with Crippen molar-refractivity contribution in [3.8, 4) is 11.6 Å². The first kappa shape index (κ1) is 19.8. The van der Waals surface area contributed by atoms with Gasteiger partial charge in [-0.2, -0.15) is 13.2 Å². The van der Waals surface area contributed by atoms with Crippen LogP contribution in [0.15, 0.2) is 42.5 Å². The quantitative estimate of drug-likeness (QED) is 0.816. The van der Waals surface area contributed by atoms with Crippen LogP contribution in [0.25, 0.3) is 0 Å². The van der Waals surface area contributed by atoms with Gasteiger partial charge in [0, 0.05) is 12.6 Å². The maximum atomic E-state index is 12.7. The van der Waals surface area contributed by atoms with E-state index in [9.17, 15) is 18.0 Å². The van der Waals surface area contributed by atoms with E-state index in [-0.39, 0.29) is 18.0 Å². The van der Waals surface area contributed by atoms with Gasteiger partial charge in [0.25, 0.3) is 0 Å². The fourth-order valence-electron chi connectivity index (χ4n) is 2.71. The molecule has 2 aromatic rings. The number of urea groups is 1. The number of nitrogens with one attached hydrogen (secondary N) is 1. The number of pyridine rings is 1. The summed E-state index contributed by atoms with van der Waals surface area (Å²) >= 11 is 0. The van der Waals surface area contributed by atoms with Crippen LogP contribution >= 0.6 is 0 Å². The van der Waals surface area contributed by atoms with Crippen molar-refractivity contribution in [3.63, 3.8) is 0 Å². The maximum absolute atomic E-state index is 12.7. The minimum Gasteiger partial charge on any atom is -0.497 e. The van der Waals surface area contributed by atoms with Gasteiger partial charge in [-0.15, -0.1) is 0 Å². The molecule has 0 atom stereocenters. The van der Waals surface area contributed by atoms with Crippen molar-refractivity contribution < 1.29 is 27.4 Å². The number of hydrogen-bond donors (Lipinski definition) is 1. The third-order valence-electron chi connectivity index (χ3n) is 4.29. The highest BCUT2D eigenvalue weighted by atomic mass is 19.4. The van der Waals surface area contributed by atoms with E-state index in [0.29, 0.717) is 26.1 Å². The topological polar surface area (TPSA) is 63.7 Å². The molecule has 0 unspecified atom stereocenters. The fraction of sp³-hybridized carbons (Fsp3) is 0.368. The summed E-state index contributed by atoms with van der Waals surface area (Å²) in [5, 5.41) is 2.81. The Bertz CT molecular complexity index is 806. The predicted octanol–water partition coefficient (Wildman–Crippen LogP) is 3.12. The largest absolute Gasteiger partial charge is 0.497 e. The van der Waals surface area contributed by atoms with E-state index in [1.165, 1.54) is 17.0 Å². The molecule has 2 amide bonds. The molecule has 0 spiro atoms. The number of nitrogens with zero attached hydrogens (tertiary/aromatic N) is 2. The third kappa shape index (κ3) is 5.05. The van der Waals surface area contributed by atoms with Crippen molar-refractivity contribution >= 4 is 6.03 Å². The highest BCUT2D eigenvalue weighted by Gasteiger charge is 2.35. The minimum absolute atomic E-state index is 0.0978. The van der Waals surface area contributed by atoms with Gasteiger partial charge in [0.15, 0.2) is 0 Å². The molecule has 28 heavy (non-hydrogen) atoms. The summed E-state index contributed by atoms with van der Waals surface area (Å²) in [6.45, 7) is 1.07. The molecule has 1 N–H and O–H groups in total. The van der Waals surface area contributed by atoms with Crippen LogP contribution in [0.1, 0.15) is 11.3 Å². The van der Waals surface area contributed by atoms with Crippen LogP contribution in [-0.4, -0.2) is 48.8 Å². The molecule has 1 saturated heterocycles. The number of methoxy groups -OCH3 is 1. The van der Waals surface area contributed by atoms with E-state index >= 15 is 0 Å². The van der Waals surface area contributed by atoms with Crippen LogP contribution in [0.5, 0.6) is 11.6 Å². The van der Waals surface area contributed by atoms with Crippen LogP contribution in [-0.2, 0) is 12.6 Å². The van der Waals surface area contributed by atoms with E-state index in [0.717, 1.165) is 17.4 Å². The molecule has 2 heterocycles. The van der Waals surface area contributed by atoms with Crippen molar-refractivity contribution in [2.24, 2.45) is 0 Å². The predicted molar refractivity (Wildman–Crippen MR) is 95.3 cm³/mol. The highest BCUT2D eigenvalue weighted by Crippen LogP contribution is 2.29. The first-order valence-corrected chi connectivity index (χ1v) is 8.72. The van der Waals surface area contributed by atoms with E-state index in [1.54, 1.807) is 7.11 Å². The number of rotatable bonds is 6. The number of benzene rings is 1. The minimum atomic E-state index is -4.52. The Labute approximate surface area is 160 Å². The molecule has 1 fully saturated rings. The number of aromatic nitrogens is 1. The monoisotopic (exact) mass is 395 g/mol. The standard InChI is InChI=1S/C19H20F3N3O3/c1-27-14-7-5-13(6-8-14)9-10-23-18(26)25-11-15(12-25)28-17-4-2-3-16(24-17)19(20,21)22/h2-8,15H,9-12H2,1H3,(H,23,26). The van der Waals surface area contributed by atoms with Crippen molar-refractivity contribution in [1.82, 2.24) is 15.2 Å². The second-order valence-electron chi connectivity index (χ2n) is 6.33. The number of likely N-dealkylation sites (tertiary alicyclic amines) is 1. The normalized spacial score (nSPS) is 14.4. The molecular formula is C19H20F3N3O3. The van der Waals surface area contributed by atoms with Crippen molar-refractivity contribution in [2.45, 2.75) is 18.7 Å². The Morgan fingerprint density at radius 3 is 2.57 bits per heavy atom. The lowest BCUT2D eigenvalue weighted by molar-refractivity contribution is -0.141. The Kier molecular flexibility index (Phi) is 5.91. The first-order valence-electron chi connectivity index (χ1n) is 8.72. The number of carbonyl (C=O) groups is 1. The summed E-state index contributed by atoms with van der Waals surface area (Å²) in [4.78, 5) is 17.1. The summed E-state index contributed by atoms with van der Waals surface area (Å²) in [7, 11) is 1.60. The summed E-state index contributed by atoms with van der Waals surface area (Å²) in [6.07, 6.45) is -4.21. The van der Waals surface area contributed by atoms with Gasteiger partial charge in [0.2, 0.25) is 5.88 Å². The second-order valence-corrected chi connectivity index (χ2v) is 6.33. The Morgan fingerprint density at radius 2 is 1.93 bits per heavy atom. The van der Waals surface area contributed by atoms with Gasteiger partial charge < -0.3 is 19.7 Å². The zero-order valence-corrected chi connectivity index (χ0v) is 15.2. The van der Waals surface area contributed by atoms with Gasteiger partial charge in [-0.05, 0) is 30.2 Å². The van der Waals surface area contributed by atoms with Crippen LogP contribution in [0.3, 0.4) is 0 Å². The molecule has 150 valence electrons. The van der Waals surface area contributed by atoms with Crippen molar-refractivity contribution in [1.29, 1.82) is 0 Å². The number of carbonyl (C=O) groups excluding carboxylic acids is 1. The molecule has 1 aromatic heterocycles. The average molecular weight is 395 g/mol. The number of alkyl halides is 3. The maximum Gasteiger partial charge on any atom is 0.433 e. The smallest absolute Gasteiger partial charge is 0.433 e. The lowest BCUT2D eigenvalue weighted by Gasteiger charge is -2.38. The summed E-state index contributed by atoms with van der Waals surface area (Å²) in [5.74, 6) is 0.675. The number of halogens is 3. The van der Waals surface area contributed by atoms with E-state index in [2.05, 4.69) is 10.3 Å². The van der Waals surface area contributed by atoms with E-state index < -0.39 is 11.9 Å². The Balaban J connectivity index is 1.39. The van der Waals surface area contributed by atoms with Gasteiger partial charge in [0.1, 0.15) is 17.5 Å². The zero-order chi connectivity index (χ0) is 20.1. The molecule has 0 radical (unpaired) electrons. The van der Waals surface area contributed by atoms with E-state index in [4.69, 9.17) is 9.47 Å². The Hall–Kier alpha value is -2.97. The molecule has 0 bridgehead atoms. The zero-order valence-electron chi connectivity index (χ0n) is 15.2. The summed E-state index contributed by atoms with van der Waals surface area (Å²) < 4.78 is 48.5. The molecule has 1 aliphatic heterocycles. The third-order valence-corrected chi connectivity index (χ3v) is 4.29.